The molecule has 3 aromatic heterocycles. The van der Waals surface area contributed by atoms with Gasteiger partial charge in [-0.15, -0.1) is 48.0 Å². The quantitative estimate of drug-likeness (QED) is 0.112. The van der Waals surface area contributed by atoms with Gasteiger partial charge in [-0.25, -0.2) is 13.2 Å². The molecule has 4 nitrogen and oxygen atoms in total. The van der Waals surface area contributed by atoms with Crippen molar-refractivity contribution in [2.75, 3.05) is 0 Å². The Morgan fingerprint density at radius 3 is 2.00 bits per heavy atom. The molecule has 0 N–H and O–H groups in total. The first-order valence-electron chi connectivity index (χ1n) is 29.9. The number of fused-ring (bicyclic) bond motifs is 4. The number of nitrogens with zero attached hydrogens (tertiary/aromatic N) is 3. The Morgan fingerprint density at radius 1 is 0.734 bits per heavy atom. The van der Waals surface area contributed by atoms with Gasteiger partial charge in [0, 0.05) is 67.7 Å². The van der Waals surface area contributed by atoms with E-state index >= 15 is 0 Å². The summed E-state index contributed by atoms with van der Waals surface area (Å²) < 4.78 is 239. The summed E-state index contributed by atoms with van der Waals surface area (Å²) in [6, 6.07) is 32.0. The van der Waals surface area contributed by atoms with Gasteiger partial charge in [-0.2, -0.15) is 26.3 Å². The zero-order chi connectivity index (χ0) is 65.1. The first kappa shape index (κ1) is 43.7. The Hall–Kier alpha value is -7.09. The molecule has 0 atom stereocenters. The minimum atomic E-state index is -5.59. The van der Waals surface area contributed by atoms with Crippen LogP contribution < -0.4 is 0 Å². The molecule has 1 saturated carbocycles. The molecule has 0 bridgehead atoms. The maximum Gasteiger partial charge on any atom is 0.403 e. The second kappa shape index (κ2) is 21.9. The van der Waals surface area contributed by atoms with Gasteiger partial charge in [0.15, 0.2) is 5.41 Å². The molecule has 0 aliphatic heterocycles. The fourth-order valence-electron chi connectivity index (χ4n) is 10.00. The number of halogens is 10. The summed E-state index contributed by atoms with van der Waals surface area (Å²) in [7, 11) is 0. The Balaban J connectivity index is 0.000000370. The minimum Gasteiger partial charge on any atom is -0.501 e. The van der Waals surface area contributed by atoms with Crippen molar-refractivity contribution in [1.29, 1.82) is 0 Å². The maximum atomic E-state index is 14.9. The molecule has 0 amide bonds. The summed E-state index contributed by atoms with van der Waals surface area (Å²) in [5, 5.41) is 1.17. The molecule has 1 aliphatic carbocycles. The molecular weight excluding hydrogens is 1210 g/mol. The van der Waals surface area contributed by atoms with E-state index in [1.807, 2.05) is 0 Å². The summed E-state index contributed by atoms with van der Waals surface area (Å²) in [4.78, 5) is 9.00. The summed E-state index contributed by atoms with van der Waals surface area (Å²) in [5.74, 6) is -8.35. The van der Waals surface area contributed by atoms with Gasteiger partial charge in [0.05, 0.1) is 30.7 Å². The summed E-state index contributed by atoms with van der Waals surface area (Å²) >= 11 is 0. The molecule has 1 fully saturated rings. The van der Waals surface area contributed by atoms with E-state index < -0.39 is 104 Å². The Morgan fingerprint density at radius 2 is 1.39 bits per heavy atom. The number of rotatable bonds is 8. The van der Waals surface area contributed by atoms with Crippen LogP contribution in [0.4, 0.5) is 43.9 Å². The van der Waals surface area contributed by atoms with E-state index in [0.717, 1.165) is 12.3 Å². The molecule has 15 heteroatoms. The molecule has 10 aromatic rings. The average Bonchev–Trinajstić information content (AvgIpc) is 1.29. The van der Waals surface area contributed by atoms with Crippen LogP contribution in [0.3, 0.4) is 0 Å². The van der Waals surface area contributed by atoms with E-state index in [4.69, 9.17) is 21.7 Å². The fourth-order valence-corrected chi connectivity index (χ4v) is 10.00. The van der Waals surface area contributed by atoms with Crippen LogP contribution in [0.15, 0.2) is 138 Å². The number of para-hydroxylation sites is 2. The summed E-state index contributed by atoms with van der Waals surface area (Å²) in [6.45, 7) is 1.32. The SMILES string of the molecule is [2H]C([2H])([2H])c1cnc(-c2[c-]cc(F)cc2)cc1C([2H])([2H])[2H].[2H]c1cc(C2([2H])CCC(C(F)(F)F)(C(F)(F)F)CC2)cc([2H])c1-c1cc(C([2H])(C)C)c(-n2c(-c3[c-]ccc4c3oc3cc(-c5c(F)cc(F)cc5F)ccc34)nc3ccccc32)c(C([2H])(C)C)c1.[Ir]. The molecule has 11 rings (SSSR count). The van der Waals surface area contributed by atoms with Crippen LogP contribution in [0.5, 0.6) is 0 Å². The van der Waals surface area contributed by atoms with Crippen molar-refractivity contribution in [3.63, 3.8) is 0 Å². The molecule has 1 aliphatic rings. The monoisotopic (exact) mass is 1270 g/mol. The van der Waals surface area contributed by atoms with Gasteiger partial charge >= 0.3 is 12.4 Å². The summed E-state index contributed by atoms with van der Waals surface area (Å²) in [6.07, 6.45) is -14.6. The Bertz CT molecular complexity index is 4310. The number of pyridine rings is 1. The number of hydrogen-bond donors (Lipinski definition) is 0. The van der Waals surface area contributed by atoms with E-state index in [1.54, 1.807) is 86.9 Å². The Kier molecular flexibility index (Phi) is 12.1. The van der Waals surface area contributed by atoms with Crippen LogP contribution in [-0.2, 0) is 20.1 Å². The molecule has 7 aromatic carbocycles. The predicted molar refractivity (Wildman–Crippen MR) is 285 cm³/mol. The standard InChI is InChI=1S/C51H40F9N2O.C13H11FN.Ir/c1-27(2)38-22-33(30-14-12-29(13-15-30)31-18-20-49(21-19-31,50(55,56)57)51(58,59)60)23-39(28(3)4)46(38)62-43-11-6-5-10-42(43)61-48(62)37-9-7-8-36-35-17-16-32(24-44(35)63-47(36)37)45-40(53)25-34(52)26-41(45)54;1-9-7-13(15-8-10(9)2)11-3-5-12(14)6-4-11;/h5-8,10-17,22-28,31H,18-21H2,1-4H3;3,5-8H,1-2H3;/q2*-1;/i14D,15D,27D,28D,31D;1D3,2D3;. The zero-order valence-corrected chi connectivity index (χ0v) is 44.6. The van der Waals surface area contributed by atoms with E-state index in [-0.39, 0.29) is 88.3 Å². The molecule has 0 unspecified atom stereocenters. The fraction of sp³-hybridized carbons (Fsp3) is 0.250. The van der Waals surface area contributed by atoms with E-state index in [1.165, 1.54) is 42.5 Å². The first-order valence-corrected chi connectivity index (χ1v) is 24.4. The van der Waals surface area contributed by atoms with Gasteiger partial charge in [-0.1, -0.05) is 98.8 Å². The van der Waals surface area contributed by atoms with Crippen LogP contribution >= 0.6 is 0 Å². The third-order valence-electron chi connectivity index (χ3n) is 14.1. The number of aromatic nitrogens is 3. The van der Waals surface area contributed by atoms with Crippen molar-refractivity contribution in [3.05, 3.63) is 197 Å². The third kappa shape index (κ3) is 10.6. The largest absolute Gasteiger partial charge is 0.501 e. The van der Waals surface area contributed by atoms with Crippen LogP contribution in [0.25, 0.3) is 83.6 Å². The zero-order valence-electron chi connectivity index (χ0n) is 53.2. The van der Waals surface area contributed by atoms with Gasteiger partial charge in [0.25, 0.3) is 0 Å². The van der Waals surface area contributed by atoms with Crippen LogP contribution in [0.2, 0.25) is 0 Å². The molecular formula is C64H51F10IrN3O-2. The molecule has 1 radical (unpaired) electrons. The van der Waals surface area contributed by atoms with Crippen LogP contribution in [-0.4, -0.2) is 26.9 Å². The van der Waals surface area contributed by atoms with Crippen molar-refractivity contribution in [2.45, 2.75) is 97.1 Å². The topological polar surface area (TPSA) is 43.9 Å². The van der Waals surface area contributed by atoms with Gasteiger partial charge in [0.2, 0.25) is 0 Å². The molecule has 409 valence electrons. The average molecular weight is 1270 g/mol. The molecule has 0 saturated heterocycles. The second-order valence-corrected chi connectivity index (χ2v) is 19.5. The van der Waals surface area contributed by atoms with Crippen molar-refractivity contribution >= 4 is 33.0 Å². The normalized spacial score (nSPS) is 17.1. The summed E-state index contributed by atoms with van der Waals surface area (Å²) in [5.41, 5.74) is -1.18. The van der Waals surface area contributed by atoms with Crippen LogP contribution in [0.1, 0.15) is 114 Å². The van der Waals surface area contributed by atoms with Crippen LogP contribution in [0, 0.1) is 54.5 Å². The number of alkyl halides is 6. The van der Waals surface area contributed by atoms with Gasteiger partial charge in [0.1, 0.15) is 23.0 Å². The van der Waals surface area contributed by atoms with Gasteiger partial charge in [-0.05, 0) is 132 Å². The molecule has 79 heavy (non-hydrogen) atoms. The van der Waals surface area contributed by atoms with E-state index in [9.17, 15) is 46.6 Å². The van der Waals surface area contributed by atoms with E-state index in [2.05, 4.69) is 17.1 Å². The van der Waals surface area contributed by atoms with Gasteiger partial charge in [-0.3, -0.25) is 9.37 Å². The van der Waals surface area contributed by atoms with Gasteiger partial charge < -0.3 is 14.0 Å². The Labute approximate surface area is 479 Å². The number of aryl methyl sites for hydroxylation is 2. The minimum absolute atomic E-state index is 0. The maximum absolute atomic E-state index is 14.9. The first-order chi connectivity index (χ1) is 41.2. The number of hydrogen-bond acceptors (Lipinski definition) is 3. The molecule has 0 spiro atoms. The number of furan rings is 1. The van der Waals surface area contributed by atoms with Crippen molar-refractivity contribution in [1.82, 2.24) is 14.5 Å². The van der Waals surface area contributed by atoms with E-state index in [0.29, 0.717) is 61.9 Å². The number of imidazole rings is 1. The predicted octanol–water partition coefficient (Wildman–Crippen LogP) is 19.5. The van der Waals surface area contributed by atoms with Crippen molar-refractivity contribution in [3.8, 4) is 50.6 Å². The molecule has 3 heterocycles. The van der Waals surface area contributed by atoms with Crippen molar-refractivity contribution < 1.29 is 83.5 Å². The van der Waals surface area contributed by atoms with Crippen molar-refractivity contribution in [2.24, 2.45) is 5.41 Å². The smallest absolute Gasteiger partial charge is 0.403 e. The second-order valence-electron chi connectivity index (χ2n) is 19.5. The third-order valence-corrected chi connectivity index (χ3v) is 14.1. The number of benzene rings is 7.